The lowest BCUT2D eigenvalue weighted by Gasteiger charge is -2.48. The first-order valence-corrected chi connectivity index (χ1v) is 8.79. The molecule has 0 spiro atoms. The summed E-state index contributed by atoms with van der Waals surface area (Å²) < 4.78 is 0. The molecule has 3 nitrogen and oxygen atoms in total. The maximum Gasteiger partial charge on any atom is 0.0944 e. The van der Waals surface area contributed by atoms with Gasteiger partial charge in [0, 0.05) is 6.54 Å². The Morgan fingerprint density at radius 1 is 1.36 bits per heavy atom. The van der Waals surface area contributed by atoms with Gasteiger partial charge in [0.25, 0.3) is 0 Å². The zero-order valence-corrected chi connectivity index (χ0v) is 14.4. The third-order valence-corrected chi connectivity index (χ3v) is 5.83. The molecule has 0 aromatic heterocycles. The van der Waals surface area contributed by atoms with Gasteiger partial charge in [-0.15, -0.1) is 0 Å². The Bertz CT molecular complexity index is 441. The summed E-state index contributed by atoms with van der Waals surface area (Å²) in [5.74, 6) is 0.731. The van der Waals surface area contributed by atoms with Gasteiger partial charge in [-0.2, -0.15) is 0 Å². The fourth-order valence-electron chi connectivity index (χ4n) is 4.14. The van der Waals surface area contributed by atoms with Crippen molar-refractivity contribution in [1.82, 2.24) is 0 Å². The highest BCUT2D eigenvalue weighted by atomic mass is 16.3. The Balaban J connectivity index is 2.27. The summed E-state index contributed by atoms with van der Waals surface area (Å²) in [5.41, 5.74) is 5.66. The highest BCUT2D eigenvalue weighted by Crippen LogP contribution is 2.48. The van der Waals surface area contributed by atoms with Gasteiger partial charge >= 0.3 is 0 Å². The van der Waals surface area contributed by atoms with Crippen LogP contribution in [0.4, 0.5) is 0 Å². The lowest BCUT2D eigenvalue weighted by molar-refractivity contribution is -0.0712. The molecule has 3 unspecified atom stereocenters. The molecule has 0 amide bonds. The van der Waals surface area contributed by atoms with E-state index in [4.69, 9.17) is 5.73 Å². The van der Waals surface area contributed by atoms with Gasteiger partial charge in [-0.25, -0.2) is 0 Å². The van der Waals surface area contributed by atoms with Crippen molar-refractivity contribution in [2.24, 2.45) is 23.0 Å². The molecule has 0 saturated heterocycles. The molecule has 2 aliphatic rings. The quantitative estimate of drug-likeness (QED) is 0.750. The average molecular weight is 307 g/mol. The topological polar surface area (TPSA) is 66.5 Å². The second-order valence-corrected chi connectivity index (χ2v) is 7.99. The third-order valence-electron chi connectivity index (χ3n) is 5.83. The molecule has 0 heterocycles. The number of aliphatic hydroxyl groups is 2. The fourth-order valence-corrected chi connectivity index (χ4v) is 4.14. The van der Waals surface area contributed by atoms with Crippen molar-refractivity contribution >= 4 is 0 Å². The summed E-state index contributed by atoms with van der Waals surface area (Å²) in [6.45, 7) is 6.78. The summed E-state index contributed by atoms with van der Waals surface area (Å²) in [6.07, 6.45) is 11.7. The van der Waals surface area contributed by atoms with E-state index in [-0.39, 0.29) is 11.3 Å². The number of aliphatic hydroxyl groups excluding tert-OH is 1. The van der Waals surface area contributed by atoms with Crippen LogP contribution in [-0.2, 0) is 0 Å². The number of allylic oxidation sites excluding steroid dienone is 2. The molecule has 0 aromatic rings. The first kappa shape index (κ1) is 17.7. The van der Waals surface area contributed by atoms with E-state index in [0.29, 0.717) is 12.5 Å². The lowest BCUT2D eigenvalue weighted by Crippen LogP contribution is -2.49. The van der Waals surface area contributed by atoms with E-state index < -0.39 is 11.7 Å². The van der Waals surface area contributed by atoms with Crippen LogP contribution in [0.15, 0.2) is 23.8 Å². The largest absolute Gasteiger partial charge is 0.392 e. The molecule has 0 aromatic carbocycles. The number of hydrogen-bond acceptors (Lipinski definition) is 3. The van der Waals surface area contributed by atoms with E-state index in [1.54, 1.807) is 0 Å². The van der Waals surface area contributed by atoms with Gasteiger partial charge in [0.05, 0.1) is 11.7 Å². The summed E-state index contributed by atoms with van der Waals surface area (Å²) in [7, 11) is 0. The van der Waals surface area contributed by atoms with E-state index in [2.05, 4.69) is 39.0 Å². The Hall–Kier alpha value is -0.640. The van der Waals surface area contributed by atoms with Gasteiger partial charge in [0.15, 0.2) is 0 Å². The van der Waals surface area contributed by atoms with Crippen molar-refractivity contribution in [3.05, 3.63) is 23.8 Å². The van der Waals surface area contributed by atoms with Crippen molar-refractivity contribution in [2.45, 2.75) is 71.0 Å². The van der Waals surface area contributed by atoms with Crippen molar-refractivity contribution in [3.8, 4) is 0 Å². The second-order valence-electron chi connectivity index (χ2n) is 7.99. The SMILES string of the molecule is CC1C=CC(C2(O)CCCC[C@@H](C(O)CN)CC2(C)C)=CC1. The third kappa shape index (κ3) is 3.47. The first-order valence-electron chi connectivity index (χ1n) is 8.79. The summed E-state index contributed by atoms with van der Waals surface area (Å²) in [4.78, 5) is 0. The van der Waals surface area contributed by atoms with Crippen LogP contribution in [-0.4, -0.2) is 28.5 Å². The van der Waals surface area contributed by atoms with Gasteiger partial charge < -0.3 is 15.9 Å². The minimum Gasteiger partial charge on any atom is -0.392 e. The van der Waals surface area contributed by atoms with Crippen LogP contribution >= 0.6 is 0 Å². The standard InChI is InChI=1S/C19H33NO2/c1-14-7-9-16(10-8-14)19(22)11-5-4-6-15(17(21)13-20)12-18(19,2)3/h7,9-10,14-15,17,21-22H,4-6,8,11-13,20H2,1-3H3/t14?,15-,17?,19?/m1/s1. The van der Waals surface area contributed by atoms with E-state index in [0.717, 1.165) is 44.1 Å². The predicted octanol–water partition coefficient (Wildman–Crippen LogP) is 3.17. The molecule has 0 aliphatic heterocycles. The highest BCUT2D eigenvalue weighted by molar-refractivity contribution is 5.34. The van der Waals surface area contributed by atoms with Gasteiger partial charge in [-0.05, 0) is 48.5 Å². The van der Waals surface area contributed by atoms with Crippen molar-refractivity contribution in [1.29, 1.82) is 0 Å². The second kappa shape index (κ2) is 6.86. The zero-order valence-electron chi connectivity index (χ0n) is 14.4. The Morgan fingerprint density at radius 3 is 2.68 bits per heavy atom. The van der Waals surface area contributed by atoms with Crippen molar-refractivity contribution < 1.29 is 10.2 Å². The van der Waals surface area contributed by atoms with Crippen LogP contribution in [0.2, 0.25) is 0 Å². The summed E-state index contributed by atoms with van der Waals surface area (Å²) in [5, 5.41) is 21.8. The molecule has 4 N–H and O–H groups in total. The van der Waals surface area contributed by atoms with Crippen molar-refractivity contribution in [2.75, 3.05) is 6.54 Å². The number of rotatable bonds is 3. The highest BCUT2D eigenvalue weighted by Gasteiger charge is 2.47. The van der Waals surface area contributed by atoms with Crippen LogP contribution in [0.1, 0.15) is 59.3 Å². The maximum atomic E-state index is 11.6. The Labute approximate surface area is 135 Å². The van der Waals surface area contributed by atoms with Crippen LogP contribution in [0.5, 0.6) is 0 Å². The number of nitrogens with two attached hydrogens (primary N) is 1. The molecule has 3 heteroatoms. The average Bonchev–Trinajstić information content (AvgIpc) is 2.48. The summed E-state index contributed by atoms with van der Waals surface area (Å²) in [6, 6.07) is 0. The van der Waals surface area contributed by atoms with Gasteiger partial charge in [-0.1, -0.05) is 51.8 Å². The summed E-state index contributed by atoms with van der Waals surface area (Å²) >= 11 is 0. The predicted molar refractivity (Wildman–Crippen MR) is 91.4 cm³/mol. The van der Waals surface area contributed by atoms with Crippen molar-refractivity contribution in [3.63, 3.8) is 0 Å². The minimum absolute atomic E-state index is 0.180. The molecule has 0 radical (unpaired) electrons. The first-order chi connectivity index (χ1) is 10.3. The molecule has 2 rings (SSSR count). The fraction of sp³-hybridized carbons (Fsp3) is 0.789. The Morgan fingerprint density at radius 2 is 2.09 bits per heavy atom. The molecular weight excluding hydrogens is 274 g/mol. The van der Waals surface area contributed by atoms with E-state index >= 15 is 0 Å². The normalized spacial score (nSPS) is 37.1. The molecule has 22 heavy (non-hydrogen) atoms. The molecule has 126 valence electrons. The molecule has 2 aliphatic carbocycles. The zero-order chi connectivity index (χ0) is 16.4. The molecule has 0 bridgehead atoms. The maximum absolute atomic E-state index is 11.6. The van der Waals surface area contributed by atoms with Gasteiger partial charge in [-0.3, -0.25) is 0 Å². The van der Waals surface area contributed by atoms with Gasteiger partial charge in [0.1, 0.15) is 0 Å². The van der Waals surface area contributed by atoms with E-state index in [1.807, 2.05) is 0 Å². The molecule has 1 fully saturated rings. The van der Waals surface area contributed by atoms with Gasteiger partial charge in [0.2, 0.25) is 0 Å². The number of hydrogen-bond donors (Lipinski definition) is 3. The molecule has 1 saturated carbocycles. The van der Waals surface area contributed by atoms with Crippen LogP contribution in [0, 0.1) is 17.3 Å². The molecule has 4 atom stereocenters. The van der Waals surface area contributed by atoms with Crippen LogP contribution in [0.25, 0.3) is 0 Å². The van der Waals surface area contributed by atoms with Crippen LogP contribution < -0.4 is 5.73 Å². The minimum atomic E-state index is -0.809. The lowest BCUT2D eigenvalue weighted by atomic mass is 9.61. The monoisotopic (exact) mass is 307 g/mol. The molecular formula is C19H33NO2. The van der Waals surface area contributed by atoms with E-state index in [1.165, 1.54) is 0 Å². The van der Waals surface area contributed by atoms with E-state index in [9.17, 15) is 10.2 Å². The Kier molecular flexibility index (Phi) is 5.52. The smallest absolute Gasteiger partial charge is 0.0944 e. The van der Waals surface area contributed by atoms with Crippen LogP contribution in [0.3, 0.4) is 0 Å².